The van der Waals surface area contributed by atoms with Crippen molar-refractivity contribution < 1.29 is 9.69 Å². The molecule has 1 saturated heterocycles. The van der Waals surface area contributed by atoms with Crippen LogP contribution >= 0.6 is 0 Å². The lowest BCUT2D eigenvalue weighted by Crippen LogP contribution is -3.12. The smallest absolute Gasteiger partial charge is 0.251 e. The summed E-state index contributed by atoms with van der Waals surface area (Å²) in [5.41, 5.74) is 1.72. The number of nitrogens with zero attached hydrogens (tertiary/aromatic N) is 4. The van der Waals surface area contributed by atoms with Gasteiger partial charge in [-0.2, -0.15) is 0 Å². The second kappa shape index (κ2) is 8.17. The number of aryl methyl sites for hydroxylation is 1. The molecule has 7 nitrogen and oxygen atoms in total. The molecule has 1 amide bonds. The van der Waals surface area contributed by atoms with Crippen LogP contribution in [0, 0.1) is 6.92 Å². The first-order chi connectivity index (χ1) is 12.9. The molecule has 3 rings (SSSR count). The lowest BCUT2D eigenvalue weighted by molar-refractivity contribution is -0.919. The van der Waals surface area contributed by atoms with E-state index in [1.54, 1.807) is 0 Å². The predicted octanol–water partition coefficient (Wildman–Crippen LogP) is 1.10. The minimum absolute atomic E-state index is 0.0372. The van der Waals surface area contributed by atoms with E-state index in [9.17, 15) is 4.79 Å². The number of tetrazole rings is 1. The van der Waals surface area contributed by atoms with Gasteiger partial charge in [0.2, 0.25) is 5.82 Å². The third kappa shape index (κ3) is 4.53. The molecule has 1 aromatic heterocycles. The second-order valence-corrected chi connectivity index (χ2v) is 8.16. The van der Waals surface area contributed by atoms with Gasteiger partial charge in [-0.15, -0.1) is 5.10 Å². The van der Waals surface area contributed by atoms with Crippen molar-refractivity contribution in [1.82, 2.24) is 25.5 Å². The Balaban J connectivity index is 1.54. The van der Waals surface area contributed by atoms with Crippen LogP contribution in [0.2, 0.25) is 0 Å². The van der Waals surface area contributed by atoms with Gasteiger partial charge in [-0.3, -0.25) is 4.79 Å². The van der Waals surface area contributed by atoms with E-state index in [0.717, 1.165) is 55.8 Å². The molecule has 2 aromatic rings. The van der Waals surface area contributed by atoms with E-state index in [1.807, 2.05) is 35.9 Å². The summed E-state index contributed by atoms with van der Waals surface area (Å²) in [6, 6.07) is 7.98. The third-order valence-electron chi connectivity index (χ3n) is 5.80. The Kier molecular flexibility index (Phi) is 5.89. The van der Waals surface area contributed by atoms with Crippen LogP contribution in [0.4, 0.5) is 0 Å². The van der Waals surface area contributed by atoms with Crippen LogP contribution in [0.3, 0.4) is 0 Å². The van der Waals surface area contributed by atoms with E-state index in [-0.39, 0.29) is 17.5 Å². The van der Waals surface area contributed by atoms with Gasteiger partial charge < -0.3 is 10.2 Å². The monoisotopic (exact) mass is 371 g/mol. The molecule has 0 spiro atoms. The maximum Gasteiger partial charge on any atom is 0.251 e. The van der Waals surface area contributed by atoms with Crippen molar-refractivity contribution in [2.75, 3.05) is 13.1 Å². The number of aromatic nitrogens is 4. The van der Waals surface area contributed by atoms with Gasteiger partial charge in [-0.05, 0) is 49.2 Å². The topological polar surface area (TPSA) is 77.1 Å². The average molecular weight is 372 g/mol. The molecule has 146 valence electrons. The summed E-state index contributed by atoms with van der Waals surface area (Å²) in [4.78, 5) is 14.0. The first kappa shape index (κ1) is 19.5. The van der Waals surface area contributed by atoms with Crippen LogP contribution in [0.25, 0.3) is 0 Å². The minimum atomic E-state index is -0.0713. The van der Waals surface area contributed by atoms with Gasteiger partial charge in [0.15, 0.2) is 0 Å². The number of amides is 1. The highest BCUT2D eigenvalue weighted by molar-refractivity contribution is 5.95. The van der Waals surface area contributed by atoms with Crippen LogP contribution in [0.15, 0.2) is 24.3 Å². The largest absolute Gasteiger partial charge is 0.349 e. The van der Waals surface area contributed by atoms with Crippen LogP contribution in [0.1, 0.15) is 61.8 Å². The third-order valence-corrected chi connectivity index (χ3v) is 5.80. The molecule has 2 N–H and O–H groups in total. The number of carbonyl (C=O) groups excluding carboxylic acids is 1. The Morgan fingerprint density at radius 1 is 1.30 bits per heavy atom. The van der Waals surface area contributed by atoms with Crippen LogP contribution in [0.5, 0.6) is 0 Å². The molecule has 0 aliphatic carbocycles. The predicted molar refractivity (Wildman–Crippen MR) is 103 cm³/mol. The molecule has 0 radical (unpaired) electrons. The summed E-state index contributed by atoms with van der Waals surface area (Å²) >= 11 is 0. The fourth-order valence-corrected chi connectivity index (χ4v) is 3.60. The highest BCUT2D eigenvalue weighted by atomic mass is 16.1. The summed E-state index contributed by atoms with van der Waals surface area (Å²) in [7, 11) is 0. The quantitative estimate of drug-likeness (QED) is 0.797. The molecule has 1 aliphatic rings. The Labute approximate surface area is 161 Å². The minimum Gasteiger partial charge on any atom is -0.349 e. The van der Waals surface area contributed by atoms with Crippen molar-refractivity contribution in [3.63, 3.8) is 0 Å². The number of benzene rings is 1. The van der Waals surface area contributed by atoms with E-state index in [0.29, 0.717) is 0 Å². The molecule has 0 unspecified atom stereocenters. The van der Waals surface area contributed by atoms with Crippen molar-refractivity contribution in [2.24, 2.45) is 0 Å². The Morgan fingerprint density at radius 3 is 2.67 bits per heavy atom. The van der Waals surface area contributed by atoms with Gasteiger partial charge in [0, 0.05) is 24.4 Å². The number of piperidine rings is 1. The molecule has 1 aromatic carbocycles. The molecule has 7 heteroatoms. The van der Waals surface area contributed by atoms with Gasteiger partial charge in [-0.1, -0.05) is 25.1 Å². The molecule has 27 heavy (non-hydrogen) atoms. The van der Waals surface area contributed by atoms with Gasteiger partial charge in [-0.25, -0.2) is 4.68 Å². The highest BCUT2D eigenvalue weighted by Crippen LogP contribution is 2.18. The Bertz CT molecular complexity index is 776. The van der Waals surface area contributed by atoms with Gasteiger partial charge in [0.05, 0.1) is 18.6 Å². The molecule has 0 saturated carbocycles. The average Bonchev–Trinajstić information content (AvgIpc) is 3.12. The maximum absolute atomic E-state index is 12.5. The zero-order valence-electron chi connectivity index (χ0n) is 16.8. The van der Waals surface area contributed by atoms with Gasteiger partial charge in [0.25, 0.3) is 5.91 Å². The number of hydrogen-bond donors (Lipinski definition) is 2. The summed E-state index contributed by atoms with van der Waals surface area (Å²) in [5.74, 6) is 0.981. The van der Waals surface area contributed by atoms with Crippen LogP contribution in [-0.2, 0) is 12.1 Å². The standard InChI is InChI=1S/C20H30N6O/c1-5-20(3,4)26-18(22-23-24-26)14-25-12-10-16(11-13-25)21-19(27)17-9-7-6-8-15(17)2/h6-9,16H,5,10-14H2,1-4H3,(H,21,27)/p+1. The molecule has 1 aliphatic heterocycles. The number of carbonyl (C=O) groups is 1. The molecule has 0 bridgehead atoms. The Morgan fingerprint density at radius 2 is 2.00 bits per heavy atom. The lowest BCUT2D eigenvalue weighted by Gasteiger charge is -2.30. The zero-order chi connectivity index (χ0) is 19.4. The lowest BCUT2D eigenvalue weighted by atomic mass is 10.0. The van der Waals surface area contributed by atoms with E-state index in [4.69, 9.17) is 0 Å². The maximum atomic E-state index is 12.5. The molecular weight excluding hydrogens is 340 g/mol. The number of hydrogen-bond acceptors (Lipinski definition) is 4. The molecule has 1 fully saturated rings. The summed E-state index contributed by atoms with van der Waals surface area (Å²) < 4.78 is 1.96. The molecular formula is C20H31N6O+. The number of likely N-dealkylation sites (tertiary alicyclic amines) is 1. The van der Waals surface area contributed by atoms with Crippen molar-refractivity contribution in [3.05, 3.63) is 41.2 Å². The fourth-order valence-electron chi connectivity index (χ4n) is 3.60. The van der Waals surface area contributed by atoms with Crippen molar-refractivity contribution in [2.45, 2.75) is 65.1 Å². The van der Waals surface area contributed by atoms with Crippen molar-refractivity contribution in [1.29, 1.82) is 0 Å². The van der Waals surface area contributed by atoms with E-state index in [1.165, 1.54) is 4.90 Å². The van der Waals surface area contributed by atoms with Crippen LogP contribution in [-0.4, -0.2) is 45.2 Å². The molecule has 2 heterocycles. The second-order valence-electron chi connectivity index (χ2n) is 8.16. The van der Waals surface area contributed by atoms with Gasteiger partial charge >= 0.3 is 0 Å². The normalized spacial score (nSPS) is 20.4. The van der Waals surface area contributed by atoms with Crippen LogP contribution < -0.4 is 10.2 Å². The van der Waals surface area contributed by atoms with E-state index >= 15 is 0 Å². The number of nitrogens with one attached hydrogen (secondary N) is 2. The SMILES string of the molecule is CCC(C)(C)n1nnnc1C[NH+]1CCC(NC(=O)c2ccccc2C)CC1. The molecule has 0 atom stereocenters. The van der Waals surface area contributed by atoms with E-state index < -0.39 is 0 Å². The first-order valence-electron chi connectivity index (χ1n) is 9.88. The summed E-state index contributed by atoms with van der Waals surface area (Å²) in [6.07, 6.45) is 2.94. The highest BCUT2D eigenvalue weighted by Gasteiger charge is 2.28. The van der Waals surface area contributed by atoms with Crippen molar-refractivity contribution >= 4 is 5.91 Å². The van der Waals surface area contributed by atoms with E-state index in [2.05, 4.69) is 41.6 Å². The fraction of sp³-hybridized carbons (Fsp3) is 0.600. The summed E-state index contributed by atoms with van der Waals surface area (Å²) in [5, 5.41) is 15.6. The Hall–Kier alpha value is -2.28. The summed E-state index contributed by atoms with van der Waals surface area (Å²) in [6.45, 7) is 11.3. The number of quaternary nitrogens is 1. The van der Waals surface area contributed by atoms with Crippen molar-refractivity contribution in [3.8, 4) is 0 Å². The zero-order valence-corrected chi connectivity index (χ0v) is 16.8. The van der Waals surface area contributed by atoms with Gasteiger partial charge in [0.1, 0.15) is 6.54 Å². The number of rotatable bonds is 6. The first-order valence-corrected chi connectivity index (χ1v) is 9.88.